The van der Waals surface area contributed by atoms with Crippen LogP contribution in [0, 0.1) is 0 Å². The number of fused-ring (bicyclic) bond motifs is 1. The number of pyridine rings is 1. The molecule has 1 aromatic heterocycles. The van der Waals surface area contributed by atoms with E-state index in [1.165, 1.54) is 16.5 Å². The number of rotatable bonds is 5. The lowest BCUT2D eigenvalue weighted by molar-refractivity contribution is 0.925. The smallest absolute Gasteiger partial charge is 0.129 e. The average Bonchev–Trinajstić information content (AvgIpc) is 2.39. The summed E-state index contributed by atoms with van der Waals surface area (Å²) in [5, 5.41) is 4.64. The first-order valence-electron chi connectivity index (χ1n) is 6.95. The second-order valence-corrected chi connectivity index (χ2v) is 4.62. The van der Waals surface area contributed by atoms with Gasteiger partial charge in [0.05, 0.1) is 5.52 Å². The van der Waals surface area contributed by atoms with E-state index >= 15 is 0 Å². The molecule has 1 aromatic carbocycles. The van der Waals surface area contributed by atoms with Crippen molar-refractivity contribution >= 4 is 16.7 Å². The maximum Gasteiger partial charge on any atom is 0.129 e. The van der Waals surface area contributed by atoms with E-state index in [4.69, 9.17) is 4.98 Å². The van der Waals surface area contributed by atoms with E-state index in [1.54, 1.807) is 0 Å². The molecule has 1 N–H and O–H groups in total. The first-order valence-corrected chi connectivity index (χ1v) is 6.95. The maximum absolute atomic E-state index is 4.84. The van der Waals surface area contributed by atoms with Gasteiger partial charge in [-0.15, -0.1) is 0 Å². The molecule has 1 heterocycles. The summed E-state index contributed by atoms with van der Waals surface area (Å²) in [6.07, 6.45) is 3.28. The maximum atomic E-state index is 4.84. The Morgan fingerprint density at radius 2 is 1.94 bits per heavy atom. The predicted molar refractivity (Wildman–Crippen MR) is 79.3 cm³/mol. The summed E-state index contributed by atoms with van der Waals surface area (Å²) in [6, 6.07) is 8.78. The van der Waals surface area contributed by atoms with Crippen LogP contribution in [0.1, 0.15) is 38.3 Å². The lowest BCUT2D eigenvalue weighted by Crippen LogP contribution is -2.04. The van der Waals surface area contributed by atoms with Crippen LogP contribution < -0.4 is 5.32 Å². The quantitative estimate of drug-likeness (QED) is 0.850. The van der Waals surface area contributed by atoms with Crippen LogP contribution in [0.3, 0.4) is 0 Å². The second kappa shape index (κ2) is 5.85. The third-order valence-corrected chi connectivity index (χ3v) is 3.25. The Kier molecular flexibility index (Phi) is 4.19. The lowest BCUT2D eigenvalue weighted by Gasteiger charge is -2.12. The van der Waals surface area contributed by atoms with Gasteiger partial charge in [0.1, 0.15) is 5.82 Å². The monoisotopic (exact) mass is 242 g/mol. The van der Waals surface area contributed by atoms with Crippen molar-refractivity contribution in [3.8, 4) is 0 Å². The first kappa shape index (κ1) is 12.9. The molecule has 0 atom stereocenters. The molecule has 2 heteroatoms. The minimum Gasteiger partial charge on any atom is -0.370 e. The number of para-hydroxylation sites is 1. The van der Waals surface area contributed by atoms with E-state index in [2.05, 4.69) is 50.4 Å². The summed E-state index contributed by atoms with van der Waals surface area (Å²) in [6.45, 7) is 7.43. The van der Waals surface area contributed by atoms with Gasteiger partial charge in [-0.1, -0.05) is 38.5 Å². The van der Waals surface area contributed by atoms with Crippen LogP contribution in [-0.2, 0) is 12.8 Å². The molecule has 0 saturated carbocycles. The Morgan fingerprint density at radius 3 is 2.61 bits per heavy atom. The highest BCUT2D eigenvalue weighted by Crippen LogP contribution is 2.24. The van der Waals surface area contributed by atoms with Crippen molar-refractivity contribution in [1.82, 2.24) is 4.98 Å². The molecule has 0 spiro atoms. The van der Waals surface area contributed by atoms with Gasteiger partial charge < -0.3 is 5.32 Å². The van der Waals surface area contributed by atoms with Gasteiger partial charge in [0.25, 0.3) is 0 Å². The van der Waals surface area contributed by atoms with Crippen molar-refractivity contribution in [2.45, 2.75) is 40.0 Å². The number of benzene rings is 1. The standard InChI is InChI=1S/C16H22N2/c1-4-8-13-9-7-10-14-11-12(5-2)16(17-6-3)18-15(13)14/h7,9-11H,4-6,8H2,1-3H3,(H,17,18). The van der Waals surface area contributed by atoms with Crippen molar-refractivity contribution in [2.24, 2.45) is 0 Å². The third kappa shape index (κ3) is 2.47. The summed E-state index contributed by atoms with van der Waals surface area (Å²) in [5.41, 5.74) is 3.82. The Morgan fingerprint density at radius 1 is 1.11 bits per heavy atom. The normalized spacial score (nSPS) is 10.8. The molecular weight excluding hydrogens is 220 g/mol. The molecule has 0 aliphatic rings. The molecule has 0 fully saturated rings. The second-order valence-electron chi connectivity index (χ2n) is 4.62. The molecule has 18 heavy (non-hydrogen) atoms. The summed E-state index contributed by atoms with van der Waals surface area (Å²) in [5.74, 6) is 1.05. The number of hydrogen-bond donors (Lipinski definition) is 1. The van der Waals surface area contributed by atoms with Crippen molar-refractivity contribution < 1.29 is 0 Å². The summed E-state index contributed by atoms with van der Waals surface area (Å²) >= 11 is 0. The zero-order valence-corrected chi connectivity index (χ0v) is 11.6. The largest absolute Gasteiger partial charge is 0.370 e. The van der Waals surface area contributed by atoms with Crippen molar-refractivity contribution in [3.05, 3.63) is 35.4 Å². The highest BCUT2D eigenvalue weighted by molar-refractivity contribution is 5.84. The van der Waals surface area contributed by atoms with Crippen LogP contribution in [-0.4, -0.2) is 11.5 Å². The van der Waals surface area contributed by atoms with Crippen LogP contribution in [0.2, 0.25) is 0 Å². The molecule has 0 bridgehead atoms. The predicted octanol–water partition coefficient (Wildman–Crippen LogP) is 4.18. The molecule has 0 unspecified atom stereocenters. The molecule has 0 aliphatic heterocycles. The van der Waals surface area contributed by atoms with E-state index in [0.29, 0.717) is 0 Å². The average molecular weight is 242 g/mol. The Bertz CT molecular complexity index is 532. The fourth-order valence-corrected chi connectivity index (χ4v) is 2.36. The minimum atomic E-state index is 0.918. The zero-order chi connectivity index (χ0) is 13.0. The van der Waals surface area contributed by atoms with E-state index in [1.807, 2.05) is 0 Å². The topological polar surface area (TPSA) is 24.9 Å². The molecule has 2 nitrogen and oxygen atoms in total. The van der Waals surface area contributed by atoms with Crippen molar-refractivity contribution in [3.63, 3.8) is 0 Å². The third-order valence-electron chi connectivity index (χ3n) is 3.25. The molecular formula is C16H22N2. The number of nitrogens with one attached hydrogen (secondary N) is 1. The van der Waals surface area contributed by atoms with Gasteiger partial charge >= 0.3 is 0 Å². The van der Waals surface area contributed by atoms with Crippen LogP contribution in [0.15, 0.2) is 24.3 Å². The van der Waals surface area contributed by atoms with E-state index < -0.39 is 0 Å². The summed E-state index contributed by atoms with van der Waals surface area (Å²) in [4.78, 5) is 4.84. The van der Waals surface area contributed by atoms with Gasteiger partial charge in [-0.2, -0.15) is 0 Å². The van der Waals surface area contributed by atoms with Gasteiger partial charge in [-0.05, 0) is 37.0 Å². The summed E-state index contributed by atoms with van der Waals surface area (Å²) in [7, 11) is 0. The van der Waals surface area contributed by atoms with Gasteiger partial charge in [0.2, 0.25) is 0 Å². The number of hydrogen-bond acceptors (Lipinski definition) is 2. The van der Waals surface area contributed by atoms with Gasteiger partial charge in [0.15, 0.2) is 0 Å². The van der Waals surface area contributed by atoms with Crippen LogP contribution in [0.5, 0.6) is 0 Å². The number of aryl methyl sites for hydroxylation is 2. The van der Waals surface area contributed by atoms with E-state index in [0.717, 1.165) is 37.1 Å². The van der Waals surface area contributed by atoms with Crippen molar-refractivity contribution in [2.75, 3.05) is 11.9 Å². The molecule has 0 radical (unpaired) electrons. The Hall–Kier alpha value is -1.57. The number of aromatic nitrogens is 1. The Labute approximate surface area is 109 Å². The van der Waals surface area contributed by atoms with E-state index in [-0.39, 0.29) is 0 Å². The highest BCUT2D eigenvalue weighted by Gasteiger charge is 2.07. The van der Waals surface area contributed by atoms with Crippen LogP contribution >= 0.6 is 0 Å². The molecule has 96 valence electrons. The number of anilines is 1. The Balaban J connectivity index is 2.59. The molecule has 0 saturated heterocycles. The minimum absolute atomic E-state index is 0.918. The molecule has 2 aromatic rings. The fourth-order valence-electron chi connectivity index (χ4n) is 2.36. The summed E-state index contributed by atoms with van der Waals surface area (Å²) < 4.78 is 0. The fraction of sp³-hybridized carbons (Fsp3) is 0.438. The van der Waals surface area contributed by atoms with Crippen molar-refractivity contribution in [1.29, 1.82) is 0 Å². The first-order chi connectivity index (χ1) is 8.80. The SMILES string of the molecule is CCCc1cccc2cc(CC)c(NCC)nc12. The van der Waals surface area contributed by atoms with Crippen LogP contribution in [0.4, 0.5) is 5.82 Å². The highest BCUT2D eigenvalue weighted by atomic mass is 15.0. The lowest BCUT2D eigenvalue weighted by atomic mass is 10.0. The zero-order valence-electron chi connectivity index (χ0n) is 11.6. The molecule has 0 aliphatic carbocycles. The van der Waals surface area contributed by atoms with Gasteiger partial charge in [0, 0.05) is 11.9 Å². The number of nitrogens with zero attached hydrogens (tertiary/aromatic N) is 1. The molecule has 2 rings (SSSR count). The van der Waals surface area contributed by atoms with E-state index in [9.17, 15) is 0 Å². The van der Waals surface area contributed by atoms with Gasteiger partial charge in [-0.25, -0.2) is 4.98 Å². The van der Waals surface area contributed by atoms with Gasteiger partial charge in [-0.3, -0.25) is 0 Å². The molecule has 0 amide bonds. The van der Waals surface area contributed by atoms with Crippen LogP contribution in [0.25, 0.3) is 10.9 Å².